The largest absolute Gasteiger partial charge is 0.462 e. The maximum atomic E-state index is 13.2. The average molecular weight is 544 g/mol. The molecular weight excluding hydrogens is 522 g/mol. The Morgan fingerprint density at radius 1 is 1.15 bits per heavy atom. The van der Waals surface area contributed by atoms with Gasteiger partial charge in [-0.05, 0) is 43.2 Å². The zero-order valence-corrected chi connectivity index (χ0v) is 21.3. The zero-order valence-electron chi connectivity index (χ0n) is 18.1. The summed E-state index contributed by atoms with van der Waals surface area (Å²) >= 11 is 5.96. The minimum Gasteiger partial charge on any atom is -0.462 e. The summed E-state index contributed by atoms with van der Waals surface area (Å²) in [5.74, 6) is -0.857. The number of hydrogen-bond acceptors (Lipinski definition) is 7. The van der Waals surface area contributed by atoms with Crippen LogP contribution in [0.25, 0.3) is 21.3 Å². The number of nitrogens with zero attached hydrogens (tertiary/aromatic N) is 1. The molecular formula is C24H22BrN3O3S2. The number of aryl methyl sites for hydroxylation is 1. The van der Waals surface area contributed by atoms with Gasteiger partial charge in [0.1, 0.15) is 20.3 Å². The lowest BCUT2D eigenvalue weighted by atomic mass is 10.0. The van der Waals surface area contributed by atoms with Crippen LogP contribution in [0.3, 0.4) is 0 Å². The molecule has 0 saturated heterocycles. The number of ether oxygens (including phenoxy) is 1. The van der Waals surface area contributed by atoms with Crippen LogP contribution in [0.15, 0.2) is 46.3 Å². The number of rotatable bonds is 7. The van der Waals surface area contributed by atoms with Crippen molar-refractivity contribution in [1.82, 2.24) is 4.98 Å². The number of pyridine rings is 1. The molecule has 0 fully saturated rings. The van der Waals surface area contributed by atoms with Crippen LogP contribution in [-0.2, 0) is 11.2 Å². The molecule has 0 atom stereocenters. The predicted octanol–water partition coefficient (Wildman–Crippen LogP) is 6.75. The molecule has 4 aromatic rings. The first-order chi connectivity index (χ1) is 15.9. The molecule has 0 bridgehead atoms. The Balaban J connectivity index is 1.70. The quantitative estimate of drug-likeness (QED) is 0.251. The Labute approximate surface area is 207 Å². The van der Waals surface area contributed by atoms with E-state index in [-0.39, 0.29) is 12.5 Å². The van der Waals surface area contributed by atoms with Gasteiger partial charge in [0.05, 0.1) is 12.3 Å². The SMILES string of the molecule is CCCc1ccc2c(N)c(C(=O)Nc3scc(-c4ccc(Br)cc4)c3C(=O)OCC)sc2n1. The molecule has 0 saturated carbocycles. The lowest BCUT2D eigenvalue weighted by molar-refractivity contribution is 0.0529. The number of aromatic nitrogens is 1. The number of nitrogens with two attached hydrogens (primary N) is 1. The topological polar surface area (TPSA) is 94.3 Å². The van der Waals surface area contributed by atoms with Crippen molar-refractivity contribution in [1.29, 1.82) is 0 Å². The summed E-state index contributed by atoms with van der Waals surface area (Å²) in [6.07, 6.45) is 1.86. The van der Waals surface area contributed by atoms with Crippen molar-refractivity contribution >= 4 is 71.4 Å². The average Bonchev–Trinajstić information content (AvgIpc) is 3.36. The second kappa shape index (κ2) is 10.0. The highest BCUT2D eigenvalue weighted by molar-refractivity contribution is 9.10. The molecule has 0 unspecified atom stereocenters. The van der Waals surface area contributed by atoms with E-state index in [1.54, 1.807) is 6.92 Å². The Bertz CT molecular complexity index is 1330. The third-order valence-corrected chi connectivity index (χ3v) is 7.55. The Morgan fingerprint density at radius 2 is 1.91 bits per heavy atom. The van der Waals surface area contributed by atoms with Crippen molar-refractivity contribution < 1.29 is 14.3 Å². The first-order valence-corrected chi connectivity index (χ1v) is 13.0. The molecule has 1 aromatic carbocycles. The van der Waals surface area contributed by atoms with E-state index in [0.29, 0.717) is 26.7 Å². The van der Waals surface area contributed by atoms with Crippen molar-refractivity contribution in [3.8, 4) is 11.1 Å². The van der Waals surface area contributed by atoms with E-state index in [2.05, 4.69) is 33.2 Å². The Kier molecular flexibility index (Phi) is 7.11. The van der Waals surface area contributed by atoms with Gasteiger partial charge in [-0.25, -0.2) is 9.78 Å². The lowest BCUT2D eigenvalue weighted by Crippen LogP contribution is -2.14. The van der Waals surface area contributed by atoms with Crippen LogP contribution < -0.4 is 11.1 Å². The molecule has 0 radical (unpaired) electrons. The minimum atomic E-state index is -0.484. The molecule has 170 valence electrons. The maximum absolute atomic E-state index is 13.2. The van der Waals surface area contributed by atoms with E-state index in [1.165, 1.54) is 22.7 Å². The number of fused-ring (bicyclic) bond motifs is 1. The molecule has 33 heavy (non-hydrogen) atoms. The van der Waals surface area contributed by atoms with Crippen LogP contribution in [0.5, 0.6) is 0 Å². The van der Waals surface area contributed by atoms with Gasteiger partial charge in [0.2, 0.25) is 0 Å². The number of hydrogen-bond donors (Lipinski definition) is 2. The van der Waals surface area contributed by atoms with Crippen molar-refractivity contribution in [2.24, 2.45) is 0 Å². The molecule has 1 amide bonds. The fraction of sp³-hybridized carbons (Fsp3) is 0.208. The fourth-order valence-corrected chi connectivity index (χ4v) is 5.68. The van der Waals surface area contributed by atoms with Gasteiger partial charge in [0.15, 0.2) is 0 Å². The molecule has 9 heteroatoms. The summed E-state index contributed by atoms with van der Waals surface area (Å²) in [7, 11) is 0. The van der Waals surface area contributed by atoms with Crippen molar-refractivity contribution in [3.63, 3.8) is 0 Å². The number of carbonyl (C=O) groups is 2. The number of nitrogens with one attached hydrogen (secondary N) is 1. The van der Waals surface area contributed by atoms with E-state index in [0.717, 1.165) is 38.8 Å². The minimum absolute atomic E-state index is 0.233. The van der Waals surface area contributed by atoms with Crippen LogP contribution in [0.1, 0.15) is 46.0 Å². The Hall–Kier alpha value is -2.75. The summed E-state index contributed by atoms with van der Waals surface area (Å²) in [6, 6.07) is 11.5. The number of carbonyl (C=O) groups excluding carboxylic acids is 2. The smallest absolute Gasteiger partial charge is 0.341 e. The molecule has 3 N–H and O–H groups in total. The highest BCUT2D eigenvalue weighted by atomic mass is 79.9. The summed E-state index contributed by atoms with van der Waals surface area (Å²) in [4.78, 5) is 31.7. The monoisotopic (exact) mass is 543 g/mol. The van der Waals surface area contributed by atoms with E-state index < -0.39 is 5.97 Å². The van der Waals surface area contributed by atoms with Crippen LogP contribution >= 0.6 is 38.6 Å². The second-order valence-corrected chi connectivity index (χ2v) is 10.1. The maximum Gasteiger partial charge on any atom is 0.341 e. The number of halogens is 1. The van der Waals surface area contributed by atoms with Gasteiger partial charge in [0, 0.05) is 26.5 Å². The van der Waals surface area contributed by atoms with Gasteiger partial charge in [-0.3, -0.25) is 4.79 Å². The van der Waals surface area contributed by atoms with E-state index in [9.17, 15) is 9.59 Å². The van der Waals surface area contributed by atoms with Crippen molar-refractivity contribution in [2.75, 3.05) is 17.7 Å². The zero-order chi connectivity index (χ0) is 23.5. The number of amides is 1. The van der Waals surface area contributed by atoms with E-state index in [4.69, 9.17) is 10.5 Å². The Morgan fingerprint density at radius 3 is 2.61 bits per heavy atom. The first kappa shape index (κ1) is 23.4. The summed E-state index contributed by atoms with van der Waals surface area (Å²) in [5, 5.41) is 5.91. The van der Waals surface area contributed by atoms with Gasteiger partial charge in [0.25, 0.3) is 5.91 Å². The highest BCUT2D eigenvalue weighted by Crippen LogP contribution is 2.38. The standard InChI is InChI=1S/C24H22BrN3O3S2/c1-3-5-15-10-11-16-19(26)20(33-22(16)27-15)21(29)28-23-18(24(30)31-4-2)17(12-32-23)13-6-8-14(25)9-7-13/h6-12H,3-5,26H2,1-2H3,(H,28,29). The molecule has 0 aliphatic carbocycles. The normalized spacial score (nSPS) is 11.0. The highest BCUT2D eigenvalue weighted by Gasteiger charge is 2.25. The van der Waals surface area contributed by atoms with Gasteiger partial charge < -0.3 is 15.8 Å². The van der Waals surface area contributed by atoms with Crippen LogP contribution in [0.2, 0.25) is 0 Å². The lowest BCUT2D eigenvalue weighted by Gasteiger charge is -2.09. The molecule has 4 rings (SSSR count). The molecule has 0 aliphatic heterocycles. The molecule has 0 spiro atoms. The molecule has 6 nitrogen and oxygen atoms in total. The van der Waals surface area contributed by atoms with E-state index >= 15 is 0 Å². The van der Waals surface area contributed by atoms with Crippen LogP contribution in [0, 0.1) is 0 Å². The summed E-state index contributed by atoms with van der Waals surface area (Å²) < 4.78 is 6.22. The fourth-order valence-electron chi connectivity index (χ4n) is 3.46. The first-order valence-electron chi connectivity index (χ1n) is 10.5. The molecule has 0 aliphatic rings. The number of thiophene rings is 2. The van der Waals surface area contributed by atoms with Crippen molar-refractivity contribution in [3.05, 3.63) is 62.4 Å². The van der Waals surface area contributed by atoms with Crippen LogP contribution in [0.4, 0.5) is 10.7 Å². The van der Waals surface area contributed by atoms with Gasteiger partial charge >= 0.3 is 5.97 Å². The second-order valence-electron chi connectivity index (χ2n) is 7.29. The van der Waals surface area contributed by atoms with Crippen molar-refractivity contribution in [2.45, 2.75) is 26.7 Å². The molecule has 3 heterocycles. The van der Waals surface area contributed by atoms with E-state index in [1.807, 2.05) is 41.8 Å². The van der Waals surface area contributed by atoms with Crippen LogP contribution in [-0.4, -0.2) is 23.5 Å². The number of nitrogen functional groups attached to an aromatic ring is 1. The number of benzene rings is 1. The third-order valence-electron chi connectivity index (χ3n) is 5.02. The molecule has 3 aromatic heterocycles. The number of anilines is 2. The van der Waals surface area contributed by atoms with Gasteiger partial charge in [-0.15, -0.1) is 22.7 Å². The predicted molar refractivity (Wildman–Crippen MR) is 139 cm³/mol. The van der Waals surface area contributed by atoms with Gasteiger partial charge in [-0.2, -0.15) is 0 Å². The summed E-state index contributed by atoms with van der Waals surface area (Å²) in [5.41, 5.74) is 9.55. The summed E-state index contributed by atoms with van der Waals surface area (Å²) in [6.45, 7) is 4.08. The number of esters is 1. The van der Waals surface area contributed by atoms with Gasteiger partial charge in [-0.1, -0.05) is 41.4 Å². The third kappa shape index (κ3) is 4.80.